The Labute approximate surface area is 175 Å². The zero-order valence-corrected chi connectivity index (χ0v) is 17.6. The van der Waals surface area contributed by atoms with Gasteiger partial charge in [0.2, 0.25) is 0 Å². The minimum atomic E-state index is -1.18. The van der Waals surface area contributed by atoms with Crippen LogP contribution >= 0.6 is 0 Å². The second-order valence-electron chi connectivity index (χ2n) is 9.43. The van der Waals surface area contributed by atoms with E-state index in [1.807, 2.05) is 20.8 Å². The third kappa shape index (κ3) is 3.55. The molecule has 0 atom stereocenters. The standard InChI is InChI=1S/C23H27FN2O4/c1-21(2,3)30-20(28)22(7-8-22)23(29)9-12-26(13-10-23)19(27)16-6-11-25-18-5-4-15(24)14-17(16)18/h4-6,11,14,29H,7-10,12-13H2,1-3H3. The zero-order chi connectivity index (χ0) is 21.7. The van der Waals surface area contributed by atoms with Crippen molar-refractivity contribution >= 4 is 22.8 Å². The van der Waals surface area contributed by atoms with E-state index in [-0.39, 0.29) is 11.9 Å². The number of hydrogen-bond donors (Lipinski definition) is 1. The molecule has 1 saturated carbocycles. The molecule has 0 unspecified atom stereocenters. The number of aliphatic hydroxyl groups is 1. The number of esters is 1. The third-order valence-corrected chi connectivity index (χ3v) is 6.24. The lowest BCUT2D eigenvalue weighted by Crippen LogP contribution is -2.54. The molecular weight excluding hydrogens is 387 g/mol. The SMILES string of the molecule is CC(C)(C)OC(=O)C1(C2(O)CCN(C(=O)c3ccnc4ccc(F)cc34)CC2)CC1. The normalized spacial score (nSPS) is 20.1. The maximum atomic E-state index is 13.7. The Balaban J connectivity index is 1.51. The molecule has 1 aliphatic heterocycles. The molecule has 1 aromatic carbocycles. The van der Waals surface area contributed by atoms with Crippen LogP contribution in [0.1, 0.15) is 56.8 Å². The van der Waals surface area contributed by atoms with Gasteiger partial charge < -0.3 is 14.7 Å². The molecule has 30 heavy (non-hydrogen) atoms. The van der Waals surface area contributed by atoms with E-state index >= 15 is 0 Å². The van der Waals surface area contributed by atoms with Gasteiger partial charge in [0.05, 0.1) is 22.1 Å². The summed E-state index contributed by atoms with van der Waals surface area (Å²) < 4.78 is 19.3. The van der Waals surface area contributed by atoms with Crippen LogP contribution in [-0.4, -0.2) is 51.2 Å². The fraction of sp³-hybridized carbons (Fsp3) is 0.522. The number of carbonyl (C=O) groups excluding carboxylic acids is 2. The summed E-state index contributed by atoms with van der Waals surface area (Å²) in [7, 11) is 0. The minimum Gasteiger partial charge on any atom is -0.459 e. The average Bonchev–Trinajstić information content (AvgIpc) is 3.49. The Morgan fingerprint density at radius 1 is 1.13 bits per heavy atom. The maximum absolute atomic E-state index is 13.7. The second kappa shape index (κ2) is 7.01. The number of aromatic nitrogens is 1. The number of amides is 1. The molecule has 0 radical (unpaired) electrons. The Bertz CT molecular complexity index is 1000. The molecule has 160 valence electrons. The van der Waals surface area contributed by atoms with Crippen molar-refractivity contribution < 1.29 is 23.8 Å². The van der Waals surface area contributed by atoms with Crippen LogP contribution in [-0.2, 0) is 9.53 Å². The van der Waals surface area contributed by atoms with Crippen molar-refractivity contribution in [1.82, 2.24) is 9.88 Å². The van der Waals surface area contributed by atoms with Gasteiger partial charge in [0.25, 0.3) is 5.91 Å². The highest BCUT2D eigenvalue weighted by Crippen LogP contribution is 2.58. The van der Waals surface area contributed by atoms with Crippen LogP contribution in [0.2, 0.25) is 0 Å². The summed E-state index contributed by atoms with van der Waals surface area (Å²) in [6, 6.07) is 5.77. The molecule has 1 N–H and O–H groups in total. The number of fused-ring (bicyclic) bond motifs is 1. The number of pyridine rings is 1. The van der Waals surface area contributed by atoms with Crippen molar-refractivity contribution in [2.24, 2.45) is 5.41 Å². The van der Waals surface area contributed by atoms with E-state index in [4.69, 9.17) is 4.74 Å². The van der Waals surface area contributed by atoms with Crippen molar-refractivity contribution in [2.45, 2.75) is 57.7 Å². The predicted molar refractivity (Wildman–Crippen MR) is 109 cm³/mol. The number of nitrogens with zero attached hydrogens (tertiary/aromatic N) is 2. The first-order chi connectivity index (χ1) is 14.0. The van der Waals surface area contributed by atoms with Crippen LogP contribution in [0.4, 0.5) is 4.39 Å². The van der Waals surface area contributed by atoms with Crippen molar-refractivity contribution in [1.29, 1.82) is 0 Å². The van der Waals surface area contributed by atoms with Crippen LogP contribution < -0.4 is 0 Å². The van der Waals surface area contributed by atoms with Gasteiger partial charge in [0.1, 0.15) is 11.4 Å². The van der Waals surface area contributed by atoms with Crippen LogP contribution in [0.5, 0.6) is 0 Å². The number of hydrogen-bond acceptors (Lipinski definition) is 5. The van der Waals surface area contributed by atoms with Gasteiger partial charge in [0, 0.05) is 24.7 Å². The highest BCUT2D eigenvalue weighted by molar-refractivity contribution is 6.06. The van der Waals surface area contributed by atoms with E-state index in [2.05, 4.69) is 4.98 Å². The van der Waals surface area contributed by atoms with E-state index in [1.54, 1.807) is 17.0 Å². The largest absolute Gasteiger partial charge is 0.459 e. The molecule has 6 nitrogen and oxygen atoms in total. The monoisotopic (exact) mass is 414 g/mol. The molecule has 0 bridgehead atoms. The van der Waals surface area contributed by atoms with Crippen LogP contribution in [0.15, 0.2) is 30.5 Å². The molecule has 4 rings (SSSR count). The molecule has 2 fully saturated rings. The van der Waals surface area contributed by atoms with Gasteiger partial charge in [-0.05, 0) is 70.7 Å². The summed E-state index contributed by atoms with van der Waals surface area (Å²) in [5.74, 6) is -1.00. The molecular formula is C23H27FN2O4. The number of halogens is 1. The van der Waals surface area contributed by atoms with Gasteiger partial charge in [-0.15, -0.1) is 0 Å². The lowest BCUT2D eigenvalue weighted by Gasteiger charge is -2.43. The molecule has 0 spiro atoms. The lowest BCUT2D eigenvalue weighted by molar-refractivity contribution is -0.177. The van der Waals surface area contributed by atoms with Crippen LogP contribution in [0.3, 0.4) is 0 Å². The van der Waals surface area contributed by atoms with Gasteiger partial charge in [-0.1, -0.05) is 0 Å². The number of benzene rings is 1. The van der Waals surface area contributed by atoms with Gasteiger partial charge in [-0.3, -0.25) is 14.6 Å². The van der Waals surface area contributed by atoms with Gasteiger partial charge in [0.15, 0.2) is 0 Å². The maximum Gasteiger partial charge on any atom is 0.315 e. The summed E-state index contributed by atoms with van der Waals surface area (Å²) in [5, 5.41) is 11.8. The highest BCUT2D eigenvalue weighted by atomic mass is 19.1. The molecule has 2 aromatic rings. The third-order valence-electron chi connectivity index (χ3n) is 6.24. The van der Waals surface area contributed by atoms with Crippen molar-refractivity contribution in [3.63, 3.8) is 0 Å². The van der Waals surface area contributed by atoms with Crippen molar-refractivity contribution in [3.05, 3.63) is 41.8 Å². The van der Waals surface area contributed by atoms with E-state index in [1.165, 1.54) is 18.3 Å². The van der Waals surface area contributed by atoms with Crippen LogP contribution in [0.25, 0.3) is 10.9 Å². The fourth-order valence-corrected chi connectivity index (χ4v) is 4.39. The molecule has 1 aliphatic carbocycles. The molecule has 2 heterocycles. The summed E-state index contributed by atoms with van der Waals surface area (Å²) in [4.78, 5) is 31.7. The predicted octanol–water partition coefficient (Wildman–Crippen LogP) is 3.46. The Hall–Kier alpha value is -2.54. The Kier molecular flexibility index (Phi) is 4.84. The quantitative estimate of drug-likeness (QED) is 0.778. The molecule has 1 saturated heterocycles. The number of piperidine rings is 1. The molecule has 2 aliphatic rings. The summed E-state index contributed by atoms with van der Waals surface area (Å²) in [5.41, 5.74) is -1.73. The van der Waals surface area contributed by atoms with Gasteiger partial charge in [-0.25, -0.2) is 4.39 Å². The van der Waals surface area contributed by atoms with Crippen molar-refractivity contribution in [2.75, 3.05) is 13.1 Å². The van der Waals surface area contributed by atoms with E-state index < -0.39 is 22.4 Å². The topological polar surface area (TPSA) is 79.7 Å². The number of likely N-dealkylation sites (tertiary alicyclic amines) is 1. The van der Waals surface area contributed by atoms with E-state index in [0.717, 1.165) is 0 Å². The number of rotatable bonds is 3. The number of carbonyl (C=O) groups is 2. The van der Waals surface area contributed by atoms with Crippen molar-refractivity contribution in [3.8, 4) is 0 Å². The Morgan fingerprint density at radius 2 is 1.80 bits per heavy atom. The average molecular weight is 414 g/mol. The summed E-state index contributed by atoms with van der Waals surface area (Å²) in [6.07, 6.45) is 3.33. The smallest absolute Gasteiger partial charge is 0.315 e. The van der Waals surface area contributed by atoms with Gasteiger partial charge in [-0.2, -0.15) is 0 Å². The molecule has 1 amide bonds. The minimum absolute atomic E-state index is 0.225. The first-order valence-electron chi connectivity index (χ1n) is 10.3. The first kappa shape index (κ1) is 20.7. The summed E-state index contributed by atoms with van der Waals surface area (Å²) in [6.45, 7) is 6.08. The fourth-order valence-electron chi connectivity index (χ4n) is 4.39. The number of ether oxygens (including phenoxy) is 1. The molecule has 7 heteroatoms. The second-order valence-corrected chi connectivity index (χ2v) is 9.43. The van der Waals surface area contributed by atoms with Crippen LogP contribution in [0, 0.1) is 11.2 Å². The van der Waals surface area contributed by atoms with Gasteiger partial charge >= 0.3 is 5.97 Å². The zero-order valence-electron chi connectivity index (χ0n) is 17.6. The molecule has 1 aromatic heterocycles. The first-order valence-corrected chi connectivity index (χ1v) is 10.3. The van der Waals surface area contributed by atoms with E-state index in [9.17, 15) is 19.1 Å². The Morgan fingerprint density at radius 3 is 2.40 bits per heavy atom. The van der Waals surface area contributed by atoms with E-state index in [0.29, 0.717) is 55.2 Å². The lowest BCUT2D eigenvalue weighted by atomic mass is 9.76. The highest BCUT2D eigenvalue weighted by Gasteiger charge is 2.65. The summed E-state index contributed by atoms with van der Waals surface area (Å²) >= 11 is 0.